The molecule has 0 radical (unpaired) electrons. The Bertz CT molecular complexity index is 3170. The van der Waals surface area contributed by atoms with E-state index in [2.05, 4.69) is 46.0 Å². The third-order valence-electron chi connectivity index (χ3n) is 24.6. The van der Waals surface area contributed by atoms with Crippen LogP contribution >= 0.6 is 0 Å². The molecule has 95 heavy (non-hydrogen) atoms. The highest BCUT2D eigenvalue weighted by Crippen LogP contribution is 2.69. The highest BCUT2D eigenvalue weighted by atomic mass is 16.6. The van der Waals surface area contributed by atoms with Crippen LogP contribution in [0.5, 0.6) is 0 Å². The first kappa shape index (κ1) is 72.2. The van der Waals surface area contributed by atoms with Gasteiger partial charge in [0.15, 0.2) is 11.4 Å². The second-order valence-electron chi connectivity index (χ2n) is 31.8. The van der Waals surface area contributed by atoms with E-state index >= 15 is 9.59 Å². The Morgan fingerprint density at radius 1 is 0.832 bits per heavy atom. The van der Waals surface area contributed by atoms with Gasteiger partial charge in [-0.15, -0.1) is 0 Å². The molecule has 6 fully saturated rings. The third kappa shape index (κ3) is 13.7. The molecular weight excluding hydrogens is 1210 g/mol. The fourth-order valence-corrected chi connectivity index (χ4v) is 19.7. The van der Waals surface area contributed by atoms with Gasteiger partial charge in [0.2, 0.25) is 6.10 Å². The summed E-state index contributed by atoms with van der Waals surface area (Å²) in [6, 6.07) is 15.2. The fraction of sp³-hybridized carbons (Fsp3) is 0.714. The zero-order valence-corrected chi connectivity index (χ0v) is 59.2. The number of ether oxygens (including phenoxy) is 10. The van der Waals surface area contributed by atoms with Gasteiger partial charge in [-0.2, -0.15) is 0 Å². The van der Waals surface area contributed by atoms with Gasteiger partial charge in [-0.3, -0.25) is 14.4 Å². The Hall–Kier alpha value is -5.50. The number of alkyl carbamates (subject to hydrolysis) is 1. The summed E-state index contributed by atoms with van der Waals surface area (Å²) in [5.74, 6) is -0.830. The molecule has 1 amide bonds. The highest BCUT2D eigenvalue weighted by molar-refractivity contribution is 5.94. The van der Waals surface area contributed by atoms with Crippen LogP contribution in [0, 0.1) is 63.1 Å². The molecule has 1 saturated heterocycles. The van der Waals surface area contributed by atoms with Crippen LogP contribution in [0.1, 0.15) is 202 Å². The van der Waals surface area contributed by atoms with Crippen molar-refractivity contribution in [2.45, 2.75) is 245 Å². The van der Waals surface area contributed by atoms with Crippen LogP contribution in [0.15, 0.2) is 83.5 Å². The molecule has 7 aliphatic carbocycles. The predicted octanol–water partition coefficient (Wildman–Crippen LogP) is 13.0. The molecule has 18 nitrogen and oxygen atoms in total. The van der Waals surface area contributed by atoms with Crippen molar-refractivity contribution in [3.8, 4) is 0 Å². The average molecular weight is 1320 g/mol. The van der Waals surface area contributed by atoms with Crippen molar-refractivity contribution in [3.05, 3.63) is 94.6 Å². The van der Waals surface area contributed by atoms with Gasteiger partial charge in [0, 0.05) is 39.4 Å². The number of carbonyl (C=O) groups excluding carboxylic acids is 6. The van der Waals surface area contributed by atoms with Gasteiger partial charge in [-0.25, -0.2) is 14.4 Å². The first-order chi connectivity index (χ1) is 44.9. The van der Waals surface area contributed by atoms with Gasteiger partial charge in [0.1, 0.15) is 41.7 Å². The molecule has 0 spiro atoms. The number of esters is 4. The maximum absolute atomic E-state index is 16.0. The summed E-state index contributed by atoms with van der Waals surface area (Å²) in [4.78, 5) is 87.9. The van der Waals surface area contributed by atoms with Gasteiger partial charge in [0.25, 0.3) is 0 Å². The third-order valence-corrected chi connectivity index (χ3v) is 24.6. The van der Waals surface area contributed by atoms with Gasteiger partial charge >= 0.3 is 30.0 Å². The van der Waals surface area contributed by atoms with Gasteiger partial charge in [-0.05, 0) is 161 Å². The van der Waals surface area contributed by atoms with Crippen molar-refractivity contribution in [1.29, 1.82) is 0 Å². The minimum absolute atomic E-state index is 0.0623. The van der Waals surface area contributed by atoms with Crippen LogP contribution in [-0.4, -0.2) is 141 Å². The lowest BCUT2D eigenvalue weighted by Crippen LogP contribution is -2.82. The van der Waals surface area contributed by atoms with E-state index in [1.54, 1.807) is 115 Å². The molecule has 1 heterocycles. The maximum atomic E-state index is 16.0. The van der Waals surface area contributed by atoms with Gasteiger partial charge < -0.3 is 57.8 Å². The van der Waals surface area contributed by atoms with Crippen LogP contribution in [-0.2, 0) is 66.5 Å². The summed E-state index contributed by atoms with van der Waals surface area (Å²) in [5.41, 5.74) is -4.98. The predicted molar refractivity (Wildman–Crippen MR) is 355 cm³/mol. The smallest absolute Gasteiger partial charge is 0.408 e. The Morgan fingerprint density at radius 2 is 1.54 bits per heavy atom. The lowest BCUT2D eigenvalue weighted by molar-refractivity contribution is -0.347. The number of benzene rings is 2. The summed E-state index contributed by atoms with van der Waals surface area (Å²) in [6.07, 6.45) is 6.28. The second-order valence-corrected chi connectivity index (χ2v) is 31.8. The molecule has 10 rings (SSSR count). The molecule has 2 bridgehead atoms. The number of hydrogen-bond acceptors (Lipinski definition) is 17. The lowest BCUT2D eigenvalue weighted by Gasteiger charge is -2.67. The number of carbonyl (C=O) groups is 6. The van der Waals surface area contributed by atoms with E-state index in [1.165, 1.54) is 66.1 Å². The quantitative estimate of drug-likeness (QED) is 0.0456. The van der Waals surface area contributed by atoms with Crippen LogP contribution < -0.4 is 5.32 Å². The average Bonchev–Trinajstić information content (AvgIpc) is 1.03. The van der Waals surface area contributed by atoms with Gasteiger partial charge in [-0.1, -0.05) is 128 Å². The number of hydrogen-bond donors (Lipinski definition) is 2. The van der Waals surface area contributed by atoms with Crippen LogP contribution in [0.2, 0.25) is 0 Å². The lowest BCUT2D eigenvalue weighted by atomic mass is 9.44. The summed E-state index contributed by atoms with van der Waals surface area (Å²) >= 11 is 0. The minimum atomic E-state index is -2.30. The van der Waals surface area contributed by atoms with E-state index < -0.39 is 118 Å². The topological polar surface area (TPSA) is 227 Å². The normalized spacial score (nSPS) is 35.5. The van der Waals surface area contributed by atoms with Crippen LogP contribution in [0.25, 0.3) is 0 Å². The van der Waals surface area contributed by atoms with Crippen molar-refractivity contribution in [2.75, 3.05) is 40.6 Å². The van der Waals surface area contributed by atoms with E-state index in [0.29, 0.717) is 29.1 Å². The number of Topliss-reactive ketones (excluding diaryl/α,β-unsaturated/α-hetero) is 1. The van der Waals surface area contributed by atoms with E-state index in [4.69, 9.17) is 47.4 Å². The molecule has 2 aromatic carbocycles. The second kappa shape index (κ2) is 28.4. The van der Waals surface area contributed by atoms with Crippen molar-refractivity contribution in [3.63, 3.8) is 0 Å². The number of rotatable bonds is 23. The molecule has 1 aliphatic heterocycles. The first-order valence-electron chi connectivity index (χ1n) is 35.3. The molecular formula is C77H109NO17. The summed E-state index contributed by atoms with van der Waals surface area (Å²) in [5, 5.41) is 17.0. The number of fused-ring (bicyclic) bond motifs is 10. The van der Waals surface area contributed by atoms with Crippen molar-refractivity contribution in [2.24, 2.45) is 63.1 Å². The van der Waals surface area contributed by atoms with Crippen LogP contribution in [0.3, 0.4) is 0 Å². The van der Waals surface area contributed by atoms with Crippen molar-refractivity contribution >= 4 is 35.8 Å². The number of aliphatic hydroxyl groups is 1. The number of amides is 1. The number of allylic oxidation sites excluding steroid dienone is 1. The summed E-state index contributed by atoms with van der Waals surface area (Å²) in [6.45, 7) is 25.7. The van der Waals surface area contributed by atoms with Crippen LogP contribution in [0.4, 0.5) is 4.79 Å². The molecule has 2 aromatic rings. The summed E-state index contributed by atoms with van der Waals surface area (Å²) in [7, 11) is 2.81. The molecule has 0 aromatic heterocycles. The molecule has 5 saturated carbocycles. The Labute approximate surface area is 563 Å². The fourth-order valence-electron chi connectivity index (χ4n) is 19.7. The van der Waals surface area contributed by atoms with E-state index in [0.717, 1.165) is 55.3 Å². The van der Waals surface area contributed by atoms with E-state index in [9.17, 15) is 24.3 Å². The van der Waals surface area contributed by atoms with Crippen molar-refractivity contribution in [1.82, 2.24) is 5.32 Å². The molecule has 524 valence electrons. The molecule has 8 aliphatic rings. The zero-order valence-electron chi connectivity index (χ0n) is 59.2. The SMILES string of the molecule is CO[C@H]1C(=O)[C@]2(C)[C@@H](OC)C[C@H]3OC[C@@]3(OC(C)=O)[C@H]2[C@H](OC(=O)c2ccccc2)[C@]2(O)C[C@H](OC(=O)[C@H](OC(=O)CCOCCO[C@H]3CC[C@@]4(C)C(=CCC5C6CCC(C(C)CCCC(C)C)[C@@]6(C)CCC54)C3)[C@@H](NC(=O)OC(C)(C)C)c3ccccc3)C(C)=C1C2(C)C. The molecule has 19 atom stereocenters. The first-order valence-corrected chi connectivity index (χ1v) is 35.3. The summed E-state index contributed by atoms with van der Waals surface area (Å²) < 4.78 is 62.6. The molecule has 18 heteroatoms. The molecule has 5 unspecified atom stereocenters. The standard InChI is InChI=1S/C77H109NO17/c1-45(2)23-22-24-46(3)54-31-32-55-53-30-29-51-41-52(33-36-73(51,11)56(53)34-37-74(54,55)12)89-40-39-88-38-35-60(80)92-64(62(49-25-18-16-19-26-49)78-70(84)95-71(6,7)8)69(83)91-57-43-77(85)67(93-68(82)50-27-20-17-21-28-50)65-75(13,66(81)63(87-15)61(47(57)4)72(77,9)10)58(86-14)42-59-76(65,44-90-59)94-48(5)79/h16-21,25-29,45-46,52-59,62-65,67,85H,22-24,30-44H2,1-15H3,(H,78,84)/t46?,52-,53?,54?,55?,56?,57-,58-,59+,62-,63+,64+,65-,67-,73-,74+,75+,76-,77+/m0/s1. The zero-order chi connectivity index (χ0) is 68.8. The van der Waals surface area contributed by atoms with Crippen molar-refractivity contribution < 1.29 is 81.2 Å². The largest absolute Gasteiger partial charge is 0.455 e. The van der Waals surface area contributed by atoms with E-state index in [-0.39, 0.29) is 55.3 Å². The monoisotopic (exact) mass is 1320 g/mol. The molecule has 2 N–H and O–H groups in total. The Balaban J connectivity index is 0.872. The number of ketones is 1. The Morgan fingerprint density at radius 3 is 2.18 bits per heavy atom. The van der Waals surface area contributed by atoms with E-state index in [1.807, 2.05) is 0 Å². The Kier molecular flexibility index (Phi) is 21.6. The minimum Gasteiger partial charge on any atom is -0.455 e. The number of methoxy groups -OCH3 is 2. The highest BCUT2D eigenvalue weighted by Gasteiger charge is 2.78. The number of nitrogens with one attached hydrogen (secondary N) is 1. The van der Waals surface area contributed by atoms with Gasteiger partial charge in [0.05, 0.1) is 62.0 Å². The maximum Gasteiger partial charge on any atom is 0.408 e.